The zero-order valence-electron chi connectivity index (χ0n) is 15.1. The molecule has 8 nitrogen and oxygen atoms in total. The highest BCUT2D eigenvalue weighted by Crippen LogP contribution is 2.23. The zero-order valence-corrected chi connectivity index (χ0v) is 16.7. The van der Waals surface area contributed by atoms with Crippen molar-refractivity contribution in [3.05, 3.63) is 64.4 Å². The summed E-state index contributed by atoms with van der Waals surface area (Å²) in [5, 5.41) is 10.6. The number of hydrogen-bond donors (Lipinski definition) is 3. The van der Waals surface area contributed by atoms with Gasteiger partial charge in [0.25, 0.3) is 5.91 Å². The average Bonchev–Trinajstić information content (AvgIpc) is 2.72. The number of morpholine rings is 1. The van der Waals surface area contributed by atoms with Crippen LogP contribution in [0.15, 0.2) is 47.4 Å². The van der Waals surface area contributed by atoms with Crippen molar-refractivity contribution in [2.75, 3.05) is 26.3 Å². The minimum atomic E-state index is -3.87. The van der Waals surface area contributed by atoms with Gasteiger partial charge in [-0.3, -0.25) is 10.2 Å². The first-order valence-electron chi connectivity index (χ1n) is 8.66. The van der Waals surface area contributed by atoms with Crippen LogP contribution >= 0.6 is 11.6 Å². The Morgan fingerprint density at radius 2 is 1.93 bits per heavy atom. The van der Waals surface area contributed by atoms with Crippen molar-refractivity contribution in [3.63, 3.8) is 0 Å². The van der Waals surface area contributed by atoms with Crippen LogP contribution in [-0.4, -0.2) is 50.0 Å². The Bertz CT molecular complexity index is 999. The number of ether oxygens (including phenoxy) is 1. The van der Waals surface area contributed by atoms with Crippen LogP contribution in [0.4, 0.5) is 4.39 Å². The van der Waals surface area contributed by atoms with Crippen LogP contribution in [-0.2, 0) is 14.8 Å². The molecular formula is C18H19ClFN3O5S. The van der Waals surface area contributed by atoms with E-state index < -0.39 is 28.0 Å². The van der Waals surface area contributed by atoms with Crippen LogP contribution < -0.4 is 10.9 Å². The SMILES string of the molecule is O=C(NNC(O)c1cc(S(=O)(=O)N2CCOCC2)ccc1F)c1cccc(Cl)c1. The lowest BCUT2D eigenvalue weighted by molar-refractivity contribution is 0.0730. The first kappa shape index (κ1) is 21.6. The molecule has 1 heterocycles. The number of carbonyl (C=O) groups excluding carboxylic acids is 1. The smallest absolute Gasteiger partial charge is 0.265 e. The molecular weight excluding hydrogens is 425 g/mol. The standard InChI is InChI=1S/C18H19ClFN3O5S/c19-13-3-1-2-12(10-13)17(24)21-22-18(25)15-11-14(4-5-16(15)20)29(26,27)23-6-8-28-9-7-23/h1-5,10-11,18,22,25H,6-9H2,(H,21,24). The van der Waals surface area contributed by atoms with Crippen LogP contribution in [0.3, 0.4) is 0 Å². The van der Waals surface area contributed by atoms with Crippen molar-refractivity contribution in [2.45, 2.75) is 11.1 Å². The van der Waals surface area contributed by atoms with Gasteiger partial charge in [-0.05, 0) is 36.4 Å². The second-order valence-corrected chi connectivity index (χ2v) is 8.59. The second-order valence-electron chi connectivity index (χ2n) is 6.21. The van der Waals surface area contributed by atoms with Crippen molar-refractivity contribution in [3.8, 4) is 0 Å². The van der Waals surface area contributed by atoms with E-state index >= 15 is 0 Å². The minimum absolute atomic E-state index is 0.169. The Hall–Kier alpha value is -2.08. The molecule has 0 saturated carbocycles. The van der Waals surface area contributed by atoms with Gasteiger partial charge in [0.05, 0.1) is 18.1 Å². The normalized spacial score (nSPS) is 16.4. The van der Waals surface area contributed by atoms with E-state index in [-0.39, 0.29) is 42.3 Å². The molecule has 29 heavy (non-hydrogen) atoms. The fourth-order valence-electron chi connectivity index (χ4n) is 2.74. The Morgan fingerprint density at radius 1 is 1.21 bits per heavy atom. The average molecular weight is 444 g/mol. The van der Waals surface area contributed by atoms with Gasteiger partial charge in [-0.2, -0.15) is 4.31 Å². The molecule has 11 heteroatoms. The largest absolute Gasteiger partial charge is 0.379 e. The Morgan fingerprint density at radius 3 is 2.62 bits per heavy atom. The van der Waals surface area contributed by atoms with Crippen LogP contribution in [0.5, 0.6) is 0 Å². The molecule has 2 aromatic rings. The molecule has 1 amide bonds. The van der Waals surface area contributed by atoms with Gasteiger partial charge >= 0.3 is 0 Å². The maximum atomic E-state index is 14.2. The summed E-state index contributed by atoms with van der Waals surface area (Å²) in [7, 11) is -3.87. The van der Waals surface area contributed by atoms with Crippen LogP contribution in [0.2, 0.25) is 5.02 Å². The molecule has 1 aliphatic heterocycles. The highest BCUT2D eigenvalue weighted by molar-refractivity contribution is 7.89. The maximum absolute atomic E-state index is 14.2. The number of carbonyl (C=O) groups is 1. The van der Waals surface area contributed by atoms with Crippen molar-refractivity contribution < 1.29 is 27.4 Å². The molecule has 0 aromatic heterocycles. The van der Waals surface area contributed by atoms with E-state index in [0.29, 0.717) is 5.02 Å². The number of benzene rings is 2. The van der Waals surface area contributed by atoms with Crippen molar-refractivity contribution in [1.29, 1.82) is 0 Å². The maximum Gasteiger partial charge on any atom is 0.265 e. The number of halogens is 2. The summed E-state index contributed by atoms with van der Waals surface area (Å²) >= 11 is 5.82. The van der Waals surface area contributed by atoms with Gasteiger partial charge in [-0.1, -0.05) is 17.7 Å². The number of amides is 1. The molecule has 2 aromatic carbocycles. The van der Waals surface area contributed by atoms with Gasteiger partial charge < -0.3 is 9.84 Å². The van der Waals surface area contributed by atoms with Crippen LogP contribution in [0.1, 0.15) is 22.1 Å². The third-order valence-corrected chi connectivity index (χ3v) is 6.41. The molecule has 156 valence electrons. The topological polar surface area (TPSA) is 108 Å². The van der Waals surface area contributed by atoms with Crippen molar-refractivity contribution in [1.82, 2.24) is 15.2 Å². The number of aliphatic hydroxyl groups is 1. The van der Waals surface area contributed by atoms with Gasteiger partial charge in [0.15, 0.2) is 0 Å². The lowest BCUT2D eigenvalue weighted by Gasteiger charge is -2.26. The van der Waals surface area contributed by atoms with Crippen LogP contribution in [0, 0.1) is 5.82 Å². The molecule has 0 bridgehead atoms. The summed E-state index contributed by atoms with van der Waals surface area (Å²) in [5.74, 6) is -1.44. The van der Waals surface area contributed by atoms with Crippen molar-refractivity contribution in [2.24, 2.45) is 0 Å². The third-order valence-electron chi connectivity index (χ3n) is 4.28. The van der Waals surface area contributed by atoms with E-state index in [1.807, 2.05) is 0 Å². The molecule has 0 radical (unpaired) electrons. The molecule has 3 N–H and O–H groups in total. The molecule has 1 atom stereocenters. The number of nitrogens with zero attached hydrogens (tertiary/aromatic N) is 1. The minimum Gasteiger partial charge on any atom is -0.379 e. The lowest BCUT2D eigenvalue weighted by Crippen LogP contribution is -2.41. The summed E-state index contributed by atoms with van der Waals surface area (Å²) in [4.78, 5) is 11.9. The number of rotatable bonds is 6. The monoisotopic (exact) mass is 443 g/mol. The highest BCUT2D eigenvalue weighted by Gasteiger charge is 2.28. The number of aliphatic hydroxyl groups excluding tert-OH is 1. The van der Waals surface area contributed by atoms with E-state index in [9.17, 15) is 22.7 Å². The Balaban J connectivity index is 1.74. The van der Waals surface area contributed by atoms with Gasteiger partial charge in [0.1, 0.15) is 12.0 Å². The van der Waals surface area contributed by atoms with Crippen molar-refractivity contribution >= 4 is 27.5 Å². The van der Waals surface area contributed by atoms with Gasteiger partial charge in [-0.15, -0.1) is 0 Å². The Kier molecular flexibility index (Phi) is 6.83. The fraction of sp³-hybridized carbons (Fsp3) is 0.278. The number of nitrogens with one attached hydrogen (secondary N) is 2. The number of hydrazine groups is 1. The molecule has 0 aliphatic carbocycles. The predicted octanol–water partition coefficient (Wildman–Crippen LogP) is 1.43. The molecule has 1 aliphatic rings. The lowest BCUT2D eigenvalue weighted by atomic mass is 10.2. The second kappa shape index (κ2) is 9.16. The molecule has 3 rings (SSSR count). The number of hydrogen-bond acceptors (Lipinski definition) is 6. The quantitative estimate of drug-likeness (QED) is 0.460. The first-order valence-corrected chi connectivity index (χ1v) is 10.5. The summed E-state index contributed by atoms with van der Waals surface area (Å²) in [6.45, 7) is 0.914. The summed E-state index contributed by atoms with van der Waals surface area (Å²) < 4.78 is 46.0. The van der Waals surface area contributed by atoms with E-state index in [1.165, 1.54) is 16.4 Å². The van der Waals surface area contributed by atoms with E-state index in [0.717, 1.165) is 18.2 Å². The van der Waals surface area contributed by atoms with E-state index in [4.69, 9.17) is 16.3 Å². The molecule has 1 fully saturated rings. The Labute approximate surface area is 172 Å². The molecule has 1 saturated heterocycles. The summed E-state index contributed by atoms with van der Waals surface area (Å²) in [6.07, 6.45) is -1.68. The van der Waals surface area contributed by atoms with Crippen LogP contribution in [0.25, 0.3) is 0 Å². The third kappa shape index (κ3) is 5.10. The number of sulfonamides is 1. The van der Waals surface area contributed by atoms with Gasteiger partial charge in [0.2, 0.25) is 10.0 Å². The predicted molar refractivity (Wildman–Crippen MR) is 103 cm³/mol. The molecule has 0 spiro atoms. The summed E-state index contributed by atoms with van der Waals surface area (Å²) in [5.41, 5.74) is 4.39. The first-order chi connectivity index (χ1) is 13.8. The zero-order chi connectivity index (χ0) is 21.0. The summed E-state index contributed by atoms with van der Waals surface area (Å²) in [6, 6.07) is 9.20. The van der Waals surface area contributed by atoms with E-state index in [2.05, 4.69) is 10.9 Å². The fourth-order valence-corrected chi connectivity index (χ4v) is 4.38. The highest BCUT2D eigenvalue weighted by atomic mass is 35.5. The van der Waals surface area contributed by atoms with Gasteiger partial charge in [0, 0.05) is 29.2 Å². The van der Waals surface area contributed by atoms with Gasteiger partial charge in [-0.25, -0.2) is 18.2 Å². The van der Waals surface area contributed by atoms with E-state index in [1.54, 1.807) is 12.1 Å². The molecule has 1 unspecified atom stereocenters.